The van der Waals surface area contributed by atoms with Gasteiger partial charge in [-0.05, 0) is 30.5 Å². The molecule has 1 aromatic heterocycles. The second kappa shape index (κ2) is 9.63. The van der Waals surface area contributed by atoms with Gasteiger partial charge in [0.15, 0.2) is 0 Å². The molecule has 1 saturated heterocycles. The van der Waals surface area contributed by atoms with E-state index in [1.54, 1.807) is 4.80 Å². The average molecular weight is 405 g/mol. The molecule has 2 heterocycles. The number of nitrogens with one attached hydrogen (secondary N) is 1. The number of amides is 1. The lowest BCUT2D eigenvalue weighted by atomic mass is 10.1. The highest BCUT2D eigenvalue weighted by atomic mass is 16.1. The molecule has 0 bridgehead atoms. The number of aromatic nitrogens is 4. The second-order valence-electron chi connectivity index (χ2n) is 7.81. The van der Waals surface area contributed by atoms with Crippen LogP contribution in [0.1, 0.15) is 37.8 Å². The maximum atomic E-state index is 12.4. The smallest absolute Gasteiger partial charge is 0.220 e. The number of tetrazole rings is 1. The monoisotopic (exact) mass is 404 g/mol. The maximum Gasteiger partial charge on any atom is 0.220 e. The van der Waals surface area contributed by atoms with Gasteiger partial charge in [0.05, 0.1) is 6.54 Å². The molecule has 3 aromatic rings. The summed E-state index contributed by atoms with van der Waals surface area (Å²) in [6.45, 7) is 4.71. The fourth-order valence-electron chi connectivity index (χ4n) is 3.92. The summed E-state index contributed by atoms with van der Waals surface area (Å²) >= 11 is 0. The quantitative estimate of drug-likeness (QED) is 0.624. The van der Waals surface area contributed by atoms with E-state index in [-0.39, 0.29) is 11.9 Å². The van der Waals surface area contributed by atoms with E-state index in [0.29, 0.717) is 31.3 Å². The van der Waals surface area contributed by atoms with E-state index >= 15 is 0 Å². The minimum Gasteiger partial charge on any atom is -0.352 e. The van der Waals surface area contributed by atoms with Gasteiger partial charge in [0.2, 0.25) is 11.7 Å². The largest absolute Gasteiger partial charge is 0.352 e. The number of likely N-dealkylation sites (tertiary alicyclic amines) is 1. The van der Waals surface area contributed by atoms with Crippen molar-refractivity contribution in [2.24, 2.45) is 0 Å². The fourth-order valence-corrected chi connectivity index (χ4v) is 3.92. The van der Waals surface area contributed by atoms with Crippen molar-refractivity contribution >= 4 is 5.91 Å². The molecule has 156 valence electrons. The first-order valence-electron chi connectivity index (χ1n) is 10.6. The van der Waals surface area contributed by atoms with E-state index in [2.05, 4.69) is 56.8 Å². The van der Waals surface area contributed by atoms with Crippen LogP contribution in [0.4, 0.5) is 0 Å². The van der Waals surface area contributed by atoms with Crippen molar-refractivity contribution < 1.29 is 4.79 Å². The Morgan fingerprint density at radius 2 is 1.87 bits per heavy atom. The molecular weight excluding hydrogens is 376 g/mol. The van der Waals surface area contributed by atoms with E-state index in [0.717, 1.165) is 25.1 Å². The summed E-state index contributed by atoms with van der Waals surface area (Å²) in [5.41, 5.74) is 2.26. The van der Waals surface area contributed by atoms with E-state index in [1.165, 1.54) is 5.56 Å². The molecule has 1 amide bonds. The minimum absolute atomic E-state index is 0.0950. The summed E-state index contributed by atoms with van der Waals surface area (Å²) in [5.74, 6) is 0.705. The van der Waals surface area contributed by atoms with Crippen LogP contribution in [0, 0.1) is 0 Å². The number of aryl methyl sites for hydroxylation is 1. The minimum atomic E-state index is 0.0950. The zero-order chi connectivity index (χ0) is 20.8. The van der Waals surface area contributed by atoms with Gasteiger partial charge in [0, 0.05) is 37.2 Å². The summed E-state index contributed by atoms with van der Waals surface area (Å²) in [5, 5.41) is 15.8. The third-order valence-electron chi connectivity index (χ3n) is 5.66. The molecule has 1 aliphatic heterocycles. The van der Waals surface area contributed by atoms with Crippen LogP contribution in [0.25, 0.3) is 11.4 Å². The Labute approximate surface area is 177 Å². The van der Waals surface area contributed by atoms with Crippen molar-refractivity contribution in [2.45, 2.75) is 44.8 Å². The van der Waals surface area contributed by atoms with Crippen LogP contribution < -0.4 is 5.32 Å². The second-order valence-corrected chi connectivity index (χ2v) is 7.81. The van der Waals surface area contributed by atoms with Crippen LogP contribution in [0.15, 0.2) is 60.7 Å². The highest BCUT2D eigenvalue weighted by Crippen LogP contribution is 2.24. The highest BCUT2D eigenvalue weighted by Gasteiger charge is 2.27. The SMILES string of the molecule is C[C@H](c1ccccc1)N1CC[C@@H](NC(=O)CCCn2nnc(-c3ccccc3)n2)C1. The number of nitrogens with zero attached hydrogens (tertiary/aromatic N) is 5. The van der Waals surface area contributed by atoms with E-state index in [9.17, 15) is 4.79 Å². The van der Waals surface area contributed by atoms with Crippen molar-refractivity contribution in [3.8, 4) is 11.4 Å². The third-order valence-corrected chi connectivity index (χ3v) is 5.66. The normalized spacial score (nSPS) is 17.7. The van der Waals surface area contributed by atoms with Crippen molar-refractivity contribution in [3.05, 3.63) is 66.2 Å². The van der Waals surface area contributed by atoms with Gasteiger partial charge in [-0.25, -0.2) is 0 Å². The Morgan fingerprint density at radius 1 is 1.13 bits per heavy atom. The first-order valence-corrected chi connectivity index (χ1v) is 10.6. The molecule has 1 N–H and O–H groups in total. The Balaban J connectivity index is 1.19. The molecule has 7 heteroatoms. The number of rotatable bonds is 8. The van der Waals surface area contributed by atoms with Crippen LogP contribution in [-0.4, -0.2) is 50.1 Å². The van der Waals surface area contributed by atoms with Gasteiger partial charge in [-0.1, -0.05) is 60.7 Å². The molecule has 4 rings (SSSR count). The summed E-state index contributed by atoms with van der Waals surface area (Å²) in [6.07, 6.45) is 2.15. The van der Waals surface area contributed by atoms with Crippen LogP contribution in [0.5, 0.6) is 0 Å². The van der Waals surface area contributed by atoms with Crippen molar-refractivity contribution in [1.82, 2.24) is 30.4 Å². The molecule has 0 radical (unpaired) electrons. The van der Waals surface area contributed by atoms with Gasteiger partial charge in [-0.3, -0.25) is 9.69 Å². The van der Waals surface area contributed by atoms with E-state index in [1.807, 2.05) is 36.4 Å². The van der Waals surface area contributed by atoms with Gasteiger partial charge in [-0.2, -0.15) is 4.80 Å². The Hall–Kier alpha value is -3.06. The highest BCUT2D eigenvalue weighted by molar-refractivity contribution is 5.76. The zero-order valence-electron chi connectivity index (χ0n) is 17.3. The molecule has 0 spiro atoms. The van der Waals surface area contributed by atoms with Crippen LogP contribution in [0.3, 0.4) is 0 Å². The maximum absolute atomic E-state index is 12.4. The van der Waals surface area contributed by atoms with Gasteiger partial charge in [0.1, 0.15) is 0 Å². The lowest BCUT2D eigenvalue weighted by Gasteiger charge is -2.24. The van der Waals surface area contributed by atoms with Gasteiger partial charge in [0.25, 0.3) is 0 Å². The van der Waals surface area contributed by atoms with Crippen LogP contribution in [-0.2, 0) is 11.3 Å². The Morgan fingerprint density at radius 3 is 2.63 bits per heavy atom. The molecule has 1 aliphatic rings. The molecular formula is C23H28N6O. The van der Waals surface area contributed by atoms with Crippen molar-refractivity contribution in [2.75, 3.05) is 13.1 Å². The summed E-state index contributed by atoms with van der Waals surface area (Å²) in [6, 6.07) is 20.9. The van der Waals surface area contributed by atoms with E-state index < -0.39 is 0 Å². The van der Waals surface area contributed by atoms with E-state index in [4.69, 9.17) is 0 Å². The third kappa shape index (κ3) is 5.10. The molecule has 2 aromatic carbocycles. The number of hydrogen-bond acceptors (Lipinski definition) is 5. The number of carbonyl (C=O) groups is 1. The molecule has 0 unspecified atom stereocenters. The standard InChI is InChI=1S/C23H28N6O/c1-18(19-9-4-2-5-10-19)28-16-14-21(17-28)24-22(30)13-8-15-29-26-23(25-27-29)20-11-6-3-7-12-20/h2-7,9-12,18,21H,8,13-17H2,1H3,(H,24,30)/t18-,21-/m1/s1. The van der Waals surface area contributed by atoms with Crippen LogP contribution >= 0.6 is 0 Å². The molecule has 1 fully saturated rings. The summed E-state index contributed by atoms with van der Waals surface area (Å²) < 4.78 is 0. The fraction of sp³-hybridized carbons (Fsp3) is 0.391. The van der Waals surface area contributed by atoms with Gasteiger partial charge >= 0.3 is 0 Å². The number of benzene rings is 2. The number of carbonyl (C=O) groups excluding carboxylic acids is 1. The number of hydrogen-bond donors (Lipinski definition) is 1. The van der Waals surface area contributed by atoms with Crippen molar-refractivity contribution in [3.63, 3.8) is 0 Å². The lowest BCUT2D eigenvalue weighted by molar-refractivity contribution is -0.121. The summed E-state index contributed by atoms with van der Waals surface area (Å²) in [4.78, 5) is 16.4. The zero-order valence-corrected chi connectivity index (χ0v) is 17.3. The van der Waals surface area contributed by atoms with Gasteiger partial charge in [-0.15, -0.1) is 10.2 Å². The molecule has 0 aliphatic carbocycles. The average Bonchev–Trinajstić information content (AvgIpc) is 3.44. The lowest BCUT2D eigenvalue weighted by Crippen LogP contribution is -2.37. The molecule has 7 nitrogen and oxygen atoms in total. The first-order chi connectivity index (χ1) is 14.7. The van der Waals surface area contributed by atoms with Crippen molar-refractivity contribution in [1.29, 1.82) is 0 Å². The van der Waals surface area contributed by atoms with Crippen LogP contribution in [0.2, 0.25) is 0 Å². The topological polar surface area (TPSA) is 75.9 Å². The molecule has 30 heavy (non-hydrogen) atoms. The predicted molar refractivity (Wildman–Crippen MR) is 115 cm³/mol. The predicted octanol–water partition coefficient (Wildman–Crippen LogP) is 3.07. The summed E-state index contributed by atoms with van der Waals surface area (Å²) in [7, 11) is 0. The molecule has 2 atom stereocenters. The Kier molecular flexibility index (Phi) is 6.49. The molecule has 0 saturated carbocycles. The Bertz CT molecular complexity index is 943. The first kappa shape index (κ1) is 20.2. The van der Waals surface area contributed by atoms with Gasteiger partial charge < -0.3 is 5.32 Å².